The van der Waals surface area contributed by atoms with Gasteiger partial charge in [-0.1, -0.05) is 13.8 Å². The van der Waals surface area contributed by atoms with Gasteiger partial charge >= 0.3 is 0 Å². The molecule has 0 atom stereocenters. The highest BCUT2D eigenvalue weighted by Gasteiger charge is 2.18. The molecule has 0 unspecified atom stereocenters. The minimum Gasteiger partial charge on any atom is -0.330 e. The van der Waals surface area contributed by atoms with Gasteiger partial charge in [0.25, 0.3) is 10.1 Å². The van der Waals surface area contributed by atoms with Crippen molar-refractivity contribution in [2.75, 3.05) is 12.3 Å². The zero-order valence-corrected chi connectivity index (χ0v) is 7.69. The van der Waals surface area contributed by atoms with Crippen molar-refractivity contribution < 1.29 is 13.0 Å². The lowest BCUT2D eigenvalue weighted by Crippen LogP contribution is -2.26. The molecule has 0 fully saturated rings. The van der Waals surface area contributed by atoms with E-state index in [1.807, 2.05) is 13.8 Å². The van der Waals surface area contributed by atoms with E-state index < -0.39 is 10.1 Å². The maximum absolute atomic E-state index is 10.3. The third kappa shape index (κ3) is 6.28. The highest BCUT2D eigenvalue weighted by Crippen LogP contribution is 2.18. The second-order valence-corrected chi connectivity index (χ2v) is 4.98. The summed E-state index contributed by atoms with van der Waals surface area (Å²) in [7, 11) is -3.82. The molecule has 0 heterocycles. The molecule has 4 nitrogen and oxygen atoms in total. The van der Waals surface area contributed by atoms with Crippen LogP contribution in [0.1, 0.15) is 20.3 Å². The van der Waals surface area contributed by atoms with Gasteiger partial charge in [-0.2, -0.15) is 8.42 Å². The third-order valence-corrected chi connectivity index (χ3v) is 2.31. The Morgan fingerprint density at radius 2 is 1.91 bits per heavy atom. The molecule has 68 valence electrons. The predicted octanol–water partition coefficient (Wildman–Crippen LogP) is 0.249. The summed E-state index contributed by atoms with van der Waals surface area (Å²) < 4.78 is 29.0. The molecule has 0 saturated carbocycles. The fourth-order valence-electron chi connectivity index (χ4n) is 0.507. The van der Waals surface area contributed by atoms with Crippen LogP contribution in [0.4, 0.5) is 0 Å². The quantitative estimate of drug-likeness (QED) is 0.609. The van der Waals surface area contributed by atoms with E-state index in [0.717, 1.165) is 0 Å². The summed E-state index contributed by atoms with van der Waals surface area (Å²) in [6.45, 7) is 4.14. The van der Waals surface area contributed by atoms with E-state index in [1.165, 1.54) is 0 Å². The number of rotatable bonds is 4. The molecule has 0 aromatic heterocycles. The van der Waals surface area contributed by atoms with Crippen molar-refractivity contribution in [1.29, 1.82) is 0 Å². The summed E-state index contributed by atoms with van der Waals surface area (Å²) in [6, 6.07) is 0. The molecule has 0 aromatic carbocycles. The molecule has 0 radical (unpaired) electrons. The molecule has 0 bridgehead atoms. The van der Waals surface area contributed by atoms with Gasteiger partial charge in [-0.05, 0) is 18.4 Å². The second-order valence-electron chi connectivity index (χ2n) is 3.40. The molecule has 5 heteroatoms. The Labute approximate surface area is 67.5 Å². The van der Waals surface area contributed by atoms with E-state index in [2.05, 4.69) is 0 Å². The average Bonchev–Trinajstić information content (AvgIpc) is 1.83. The van der Waals surface area contributed by atoms with Crippen LogP contribution in [0.3, 0.4) is 0 Å². The fraction of sp³-hybridized carbons (Fsp3) is 1.00. The summed E-state index contributed by atoms with van der Waals surface area (Å²) in [5, 5.41) is 0. The van der Waals surface area contributed by atoms with E-state index in [9.17, 15) is 8.42 Å². The van der Waals surface area contributed by atoms with E-state index in [-0.39, 0.29) is 11.2 Å². The average molecular weight is 181 g/mol. The predicted molar refractivity (Wildman–Crippen MR) is 43.9 cm³/mol. The molecule has 3 N–H and O–H groups in total. The summed E-state index contributed by atoms with van der Waals surface area (Å²) in [5.41, 5.74) is 5.15. The van der Waals surface area contributed by atoms with E-state index >= 15 is 0 Å². The van der Waals surface area contributed by atoms with Crippen LogP contribution in [-0.4, -0.2) is 25.3 Å². The second kappa shape index (κ2) is 3.51. The summed E-state index contributed by atoms with van der Waals surface area (Å²) in [5.74, 6) is -0.211. The topological polar surface area (TPSA) is 80.4 Å². The number of hydrogen-bond donors (Lipinski definition) is 2. The van der Waals surface area contributed by atoms with Gasteiger partial charge in [-0.15, -0.1) is 0 Å². The normalized spacial score (nSPS) is 13.5. The minimum absolute atomic E-state index is 0.211. The number of hydrogen-bond acceptors (Lipinski definition) is 3. The summed E-state index contributed by atoms with van der Waals surface area (Å²) in [6.07, 6.45) is 0.391. The van der Waals surface area contributed by atoms with Gasteiger partial charge in [-0.25, -0.2) is 0 Å². The van der Waals surface area contributed by atoms with Crippen molar-refractivity contribution in [3.8, 4) is 0 Å². The summed E-state index contributed by atoms with van der Waals surface area (Å²) >= 11 is 0. The molecule has 0 spiro atoms. The van der Waals surface area contributed by atoms with Crippen molar-refractivity contribution in [3.63, 3.8) is 0 Å². The van der Waals surface area contributed by atoms with E-state index in [4.69, 9.17) is 10.3 Å². The highest BCUT2D eigenvalue weighted by atomic mass is 32.2. The van der Waals surface area contributed by atoms with Gasteiger partial charge in [-0.3, -0.25) is 4.55 Å². The monoisotopic (exact) mass is 181 g/mol. The van der Waals surface area contributed by atoms with Crippen LogP contribution in [0.2, 0.25) is 0 Å². The van der Waals surface area contributed by atoms with Crippen LogP contribution in [0, 0.1) is 5.41 Å². The molecule has 11 heavy (non-hydrogen) atoms. The molecule has 0 aliphatic rings. The Bertz CT molecular complexity index is 208. The first kappa shape index (κ1) is 10.9. The van der Waals surface area contributed by atoms with Crippen LogP contribution in [0.15, 0.2) is 0 Å². The highest BCUT2D eigenvalue weighted by molar-refractivity contribution is 7.85. The third-order valence-electron chi connectivity index (χ3n) is 1.59. The van der Waals surface area contributed by atoms with Gasteiger partial charge in [0.05, 0.1) is 5.75 Å². The molecular weight excluding hydrogens is 166 g/mol. The molecule has 0 aromatic rings. The first-order valence-electron chi connectivity index (χ1n) is 3.42. The Morgan fingerprint density at radius 1 is 1.45 bits per heavy atom. The minimum atomic E-state index is -3.82. The maximum atomic E-state index is 10.3. The van der Waals surface area contributed by atoms with Crippen molar-refractivity contribution in [2.24, 2.45) is 11.1 Å². The summed E-state index contributed by atoms with van der Waals surface area (Å²) in [4.78, 5) is 0. The van der Waals surface area contributed by atoms with Gasteiger partial charge in [0.1, 0.15) is 0 Å². The van der Waals surface area contributed by atoms with Crippen LogP contribution in [0.5, 0.6) is 0 Å². The zero-order valence-electron chi connectivity index (χ0n) is 6.87. The maximum Gasteiger partial charge on any atom is 0.264 e. The first-order chi connectivity index (χ1) is 4.77. The van der Waals surface area contributed by atoms with Gasteiger partial charge in [0, 0.05) is 0 Å². The van der Waals surface area contributed by atoms with Crippen LogP contribution >= 0.6 is 0 Å². The van der Waals surface area contributed by atoms with Crippen LogP contribution in [-0.2, 0) is 10.1 Å². The smallest absolute Gasteiger partial charge is 0.264 e. The molecule has 0 saturated heterocycles. The lowest BCUT2D eigenvalue weighted by molar-refractivity contribution is 0.359. The number of nitrogens with two attached hydrogens (primary N) is 1. The van der Waals surface area contributed by atoms with E-state index in [1.54, 1.807) is 0 Å². The fourth-order valence-corrected chi connectivity index (χ4v) is 1.32. The lowest BCUT2D eigenvalue weighted by Gasteiger charge is -2.20. The van der Waals surface area contributed by atoms with Crippen LogP contribution in [0.25, 0.3) is 0 Å². The van der Waals surface area contributed by atoms with Crippen molar-refractivity contribution >= 4 is 10.1 Å². The van der Waals surface area contributed by atoms with Gasteiger partial charge in [0.15, 0.2) is 0 Å². The van der Waals surface area contributed by atoms with Crippen molar-refractivity contribution in [2.45, 2.75) is 20.3 Å². The van der Waals surface area contributed by atoms with E-state index in [0.29, 0.717) is 13.0 Å². The standard InChI is InChI=1S/C6H15NO3S/c1-6(2,5-7)3-4-11(8,9)10/h3-5,7H2,1-2H3,(H,8,9,10). The SMILES string of the molecule is CC(C)(CN)CCS(=O)(=O)O. The molecular formula is C6H15NO3S. The largest absolute Gasteiger partial charge is 0.330 e. The Kier molecular flexibility index (Phi) is 3.47. The molecule has 0 aliphatic heterocycles. The molecule has 0 rings (SSSR count). The Hall–Kier alpha value is -0.130. The van der Waals surface area contributed by atoms with Gasteiger partial charge < -0.3 is 5.73 Å². The van der Waals surface area contributed by atoms with Crippen molar-refractivity contribution in [3.05, 3.63) is 0 Å². The lowest BCUT2D eigenvalue weighted by atomic mass is 9.91. The van der Waals surface area contributed by atoms with Crippen molar-refractivity contribution in [1.82, 2.24) is 0 Å². The van der Waals surface area contributed by atoms with Gasteiger partial charge in [0.2, 0.25) is 0 Å². The first-order valence-corrected chi connectivity index (χ1v) is 5.03. The Balaban J connectivity index is 3.90. The molecule has 0 amide bonds. The van der Waals surface area contributed by atoms with Crippen LogP contribution < -0.4 is 5.73 Å². The zero-order chi connectivity index (χ0) is 9.12. The molecule has 0 aliphatic carbocycles. The Morgan fingerprint density at radius 3 is 2.18 bits per heavy atom.